The van der Waals surface area contributed by atoms with Crippen molar-refractivity contribution in [1.82, 2.24) is 0 Å². The van der Waals surface area contributed by atoms with Crippen molar-refractivity contribution in [3.05, 3.63) is 47.5 Å². The molecule has 4 N–H and O–H groups in total. The number of hydrogen-bond donors (Lipinski definition) is 2. The van der Waals surface area contributed by atoms with Crippen molar-refractivity contribution in [2.75, 3.05) is 11.5 Å². The fourth-order valence-electron chi connectivity index (χ4n) is 1.62. The first-order valence-electron chi connectivity index (χ1n) is 5.70. The Morgan fingerprint density at radius 3 is 2.28 bits per heavy atom. The van der Waals surface area contributed by atoms with Gasteiger partial charge in [-0.3, -0.25) is 0 Å². The number of anilines is 2. The van der Waals surface area contributed by atoms with Gasteiger partial charge in [0, 0.05) is 11.4 Å². The van der Waals surface area contributed by atoms with E-state index in [0.717, 1.165) is 33.9 Å². The molecule has 0 aliphatic carbocycles. The summed E-state index contributed by atoms with van der Waals surface area (Å²) in [6, 6.07) is 11.1. The first kappa shape index (κ1) is 12.1. The van der Waals surface area contributed by atoms with Crippen LogP contribution in [0.3, 0.4) is 0 Å². The summed E-state index contributed by atoms with van der Waals surface area (Å²) in [5.41, 5.74) is 16.5. The van der Waals surface area contributed by atoms with Crippen LogP contribution in [0.15, 0.2) is 46.6 Å². The zero-order valence-corrected chi connectivity index (χ0v) is 10.5. The SMILES string of the molecule is Cc1cc(N=Nc2ccc(N)cc2C)ccc1N. The van der Waals surface area contributed by atoms with Crippen molar-refractivity contribution in [3.63, 3.8) is 0 Å². The number of hydrogen-bond acceptors (Lipinski definition) is 4. The van der Waals surface area contributed by atoms with Gasteiger partial charge in [-0.2, -0.15) is 10.2 Å². The lowest BCUT2D eigenvalue weighted by molar-refractivity contribution is 1.21. The van der Waals surface area contributed by atoms with Crippen molar-refractivity contribution in [3.8, 4) is 0 Å². The van der Waals surface area contributed by atoms with Crippen LogP contribution in [0, 0.1) is 13.8 Å². The van der Waals surface area contributed by atoms with E-state index in [1.807, 2.05) is 50.2 Å². The van der Waals surface area contributed by atoms with Gasteiger partial charge in [0.05, 0.1) is 11.4 Å². The number of benzene rings is 2. The molecule has 0 heterocycles. The van der Waals surface area contributed by atoms with Crippen LogP contribution in [0.4, 0.5) is 22.7 Å². The molecule has 4 nitrogen and oxygen atoms in total. The summed E-state index contributed by atoms with van der Waals surface area (Å²) >= 11 is 0. The minimum atomic E-state index is 0.731. The van der Waals surface area contributed by atoms with Crippen LogP contribution in [0.25, 0.3) is 0 Å². The summed E-state index contributed by atoms with van der Waals surface area (Å²) in [6.07, 6.45) is 0. The number of nitrogens with zero attached hydrogens (tertiary/aromatic N) is 2. The lowest BCUT2D eigenvalue weighted by atomic mass is 10.2. The van der Waals surface area contributed by atoms with Crippen molar-refractivity contribution >= 4 is 22.7 Å². The van der Waals surface area contributed by atoms with Crippen LogP contribution in [0.5, 0.6) is 0 Å². The van der Waals surface area contributed by atoms with Crippen LogP contribution in [0.2, 0.25) is 0 Å². The second kappa shape index (κ2) is 4.87. The third-order valence-corrected chi connectivity index (χ3v) is 2.75. The van der Waals surface area contributed by atoms with Crippen molar-refractivity contribution in [1.29, 1.82) is 0 Å². The van der Waals surface area contributed by atoms with Crippen LogP contribution in [-0.2, 0) is 0 Å². The van der Waals surface area contributed by atoms with E-state index in [-0.39, 0.29) is 0 Å². The van der Waals surface area contributed by atoms with E-state index >= 15 is 0 Å². The molecular formula is C14H16N4. The molecule has 18 heavy (non-hydrogen) atoms. The third kappa shape index (κ3) is 2.66. The number of nitrogens with two attached hydrogens (primary N) is 2. The molecule has 0 radical (unpaired) electrons. The van der Waals surface area contributed by atoms with Gasteiger partial charge in [0.15, 0.2) is 0 Å². The second-order valence-corrected chi connectivity index (χ2v) is 4.29. The standard InChI is InChI=1S/C14H16N4/c1-9-8-12(4-5-13(9)16)17-18-14-6-3-11(15)7-10(14)2/h3-8H,15-16H2,1-2H3. The van der Waals surface area contributed by atoms with Gasteiger partial charge in [-0.25, -0.2) is 0 Å². The minimum Gasteiger partial charge on any atom is -0.399 e. The number of rotatable bonds is 2. The number of azo groups is 1. The molecule has 92 valence electrons. The molecule has 0 atom stereocenters. The van der Waals surface area contributed by atoms with Gasteiger partial charge in [0.25, 0.3) is 0 Å². The Bertz CT molecular complexity index is 603. The molecule has 0 saturated carbocycles. The molecular weight excluding hydrogens is 224 g/mol. The molecule has 0 spiro atoms. The first-order chi connectivity index (χ1) is 8.56. The average Bonchev–Trinajstić information content (AvgIpc) is 2.32. The highest BCUT2D eigenvalue weighted by Gasteiger charge is 1.98. The van der Waals surface area contributed by atoms with Crippen LogP contribution >= 0.6 is 0 Å². The first-order valence-corrected chi connectivity index (χ1v) is 5.70. The molecule has 2 aromatic rings. The quantitative estimate of drug-likeness (QED) is 0.617. The van der Waals surface area contributed by atoms with E-state index in [1.165, 1.54) is 0 Å². The molecule has 0 aromatic heterocycles. The second-order valence-electron chi connectivity index (χ2n) is 4.29. The van der Waals surface area contributed by atoms with Gasteiger partial charge < -0.3 is 11.5 Å². The summed E-state index contributed by atoms with van der Waals surface area (Å²) in [4.78, 5) is 0. The predicted octanol–water partition coefficient (Wildman–Crippen LogP) is 3.88. The molecule has 2 aromatic carbocycles. The maximum absolute atomic E-state index is 5.75. The zero-order valence-electron chi connectivity index (χ0n) is 10.5. The molecule has 0 fully saturated rings. The summed E-state index contributed by atoms with van der Waals surface area (Å²) in [5.74, 6) is 0. The fourth-order valence-corrected chi connectivity index (χ4v) is 1.62. The minimum absolute atomic E-state index is 0.731. The van der Waals surface area contributed by atoms with Crippen LogP contribution < -0.4 is 11.5 Å². The maximum atomic E-state index is 5.75. The van der Waals surface area contributed by atoms with E-state index < -0.39 is 0 Å². The third-order valence-electron chi connectivity index (χ3n) is 2.75. The fraction of sp³-hybridized carbons (Fsp3) is 0.143. The zero-order chi connectivity index (χ0) is 13.1. The van der Waals surface area contributed by atoms with Crippen LogP contribution in [-0.4, -0.2) is 0 Å². The van der Waals surface area contributed by atoms with Gasteiger partial charge in [0.1, 0.15) is 0 Å². The predicted molar refractivity (Wildman–Crippen MR) is 75.4 cm³/mol. The Hall–Kier alpha value is -2.36. The summed E-state index contributed by atoms with van der Waals surface area (Å²) in [5, 5.41) is 8.41. The smallest absolute Gasteiger partial charge is 0.0887 e. The van der Waals surface area contributed by atoms with E-state index in [4.69, 9.17) is 11.5 Å². The van der Waals surface area contributed by atoms with E-state index in [9.17, 15) is 0 Å². The lowest BCUT2D eigenvalue weighted by Gasteiger charge is -2.01. The van der Waals surface area contributed by atoms with Crippen molar-refractivity contribution < 1.29 is 0 Å². The van der Waals surface area contributed by atoms with Crippen molar-refractivity contribution in [2.24, 2.45) is 10.2 Å². The highest BCUT2D eigenvalue weighted by atomic mass is 15.1. The molecule has 0 unspecified atom stereocenters. The maximum Gasteiger partial charge on any atom is 0.0887 e. The molecule has 2 rings (SSSR count). The van der Waals surface area contributed by atoms with Gasteiger partial charge in [-0.05, 0) is 61.4 Å². The number of aryl methyl sites for hydroxylation is 2. The van der Waals surface area contributed by atoms with Gasteiger partial charge in [0.2, 0.25) is 0 Å². The Morgan fingerprint density at radius 2 is 1.61 bits per heavy atom. The van der Waals surface area contributed by atoms with Crippen molar-refractivity contribution in [2.45, 2.75) is 13.8 Å². The Kier molecular flexibility index (Phi) is 3.28. The lowest BCUT2D eigenvalue weighted by Crippen LogP contribution is -1.87. The normalized spacial score (nSPS) is 11.0. The molecule has 0 aliphatic heterocycles. The van der Waals surface area contributed by atoms with E-state index in [0.29, 0.717) is 0 Å². The Labute approximate surface area is 106 Å². The van der Waals surface area contributed by atoms with Crippen LogP contribution in [0.1, 0.15) is 11.1 Å². The average molecular weight is 240 g/mol. The van der Waals surface area contributed by atoms with Gasteiger partial charge >= 0.3 is 0 Å². The summed E-state index contributed by atoms with van der Waals surface area (Å²) in [7, 11) is 0. The molecule has 0 amide bonds. The molecule has 0 bridgehead atoms. The Morgan fingerprint density at radius 1 is 0.833 bits per heavy atom. The van der Waals surface area contributed by atoms with E-state index in [1.54, 1.807) is 0 Å². The topological polar surface area (TPSA) is 76.8 Å². The number of nitrogen functional groups attached to an aromatic ring is 2. The largest absolute Gasteiger partial charge is 0.399 e. The highest BCUT2D eigenvalue weighted by Crippen LogP contribution is 2.25. The Balaban J connectivity index is 2.27. The monoisotopic (exact) mass is 240 g/mol. The summed E-state index contributed by atoms with van der Waals surface area (Å²) < 4.78 is 0. The molecule has 0 aliphatic rings. The molecule has 4 heteroatoms. The summed E-state index contributed by atoms with van der Waals surface area (Å²) in [6.45, 7) is 3.90. The van der Waals surface area contributed by atoms with E-state index in [2.05, 4.69) is 10.2 Å². The van der Waals surface area contributed by atoms with Gasteiger partial charge in [-0.1, -0.05) is 0 Å². The van der Waals surface area contributed by atoms with Gasteiger partial charge in [-0.15, -0.1) is 0 Å². The highest BCUT2D eigenvalue weighted by molar-refractivity contribution is 5.56. The molecule has 0 saturated heterocycles.